The second-order valence-electron chi connectivity index (χ2n) is 4.16. The highest BCUT2D eigenvalue weighted by molar-refractivity contribution is 6.40. The molecule has 5 heteroatoms. The monoisotopic (exact) mass is 207 g/mol. The highest BCUT2D eigenvalue weighted by atomic mass is 16.7. The Morgan fingerprint density at radius 1 is 1.33 bits per heavy atom. The van der Waals surface area contributed by atoms with Crippen molar-refractivity contribution in [2.45, 2.75) is 50.8 Å². The first-order valence-electron chi connectivity index (χ1n) is 5.57. The SMILES string of the molecule is [B]C1([B])CCC(C(C)(OCC)OCC)N1. The van der Waals surface area contributed by atoms with Crippen molar-refractivity contribution in [2.24, 2.45) is 0 Å². The van der Waals surface area contributed by atoms with Crippen LogP contribution in [0.5, 0.6) is 0 Å². The lowest BCUT2D eigenvalue weighted by molar-refractivity contribution is -0.236. The third-order valence-electron chi connectivity index (χ3n) is 2.78. The molecule has 15 heavy (non-hydrogen) atoms. The van der Waals surface area contributed by atoms with Gasteiger partial charge in [-0.2, -0.15) is 0 Å². The van der Waals surface area contributed by atoms with Crippen LogP contribution in [-0.2, 0) is 9.47 Å². The van der Waals surface area contributed by atoms with Gasteiger partial charge < -0.3 is 14.8 Å². The summed E-state index contributed by atoms with van der Waals surface area (Å²) in [6.07, 6.45) is 1.59. The smallest absolute Gasteiger partial charge is 0.180 e. The van der Waals surface area contributed by atoms with Gasteiger partial charge in [-0.3, -0.25) is 0 Å². The first kappa shape index (κ1) is 13.1. The Hall–Kier alpha value is 0.00987. The summed E-state index contributed by atoms with van der Waals surface area (Å²) in [5, 5.41) is 2.35. The second kappa shape index (κ2) is 4.89. The molecule has 1 N–H and O–H groups in total. The zero-order valence-corrected chi connectivity index (χ0v) is 9.88. The van der Waals surface area contributed by atoms with Gasteiger partial charge in [-0.25, -0.2) is 0 Å². The van der Waals surface area contributed by atoms with E-state index in [4.69, 9.17) is 25.2 Å². The van der Waals surface area contributed by atoms with Gasteiger partial charge in [0.2, 0.25) is 0 Å². The van der Waals surface area contributed by atoms with E-state index in [2.05, 4.69) is 5.32 Å². The van der Waals surface area contributed by atoms with E-state index in [0.29, 0.717) is 13.2 Å². The molecule has 82 valence electrons. The van der Waals surface area contributed by atoms with Crippen LogP contribution >= 0.6 is 0 Å². The molecule has 3 nitrogen and oxygen atoms in total. The number of ether oxygens (including phenoxy) is 2. The van der Waals surface area contributed by atoms with Crippen molar-refractivity contribution in [1.29, 1.82) is 0 Å². The fourth-order valence-corrected chi connectivity index (χ4v) is 2.06. The highest BCUT2D eigenvalue weighted by Gasteiger charge is 2.42. The van der Waals surface area contributed by atoms with Gasteiger partial charge in [0, 0.05) is 13.2 Å². The maximum Gasteiger partial charge on any atom is 0.180 e. The summed E-state index contributed by atoms with van der Waals surface area (Å²) in [6.45, 7) is 7.04. The second-order valence-corrected chi connectivity index (χ2v) is 4.16. The zero-order valence-electron chi connectivity index (χ0n) is 9.88. The van der Waals surface area contributed by atoms with Crippen LogP contribution in [0.15, 0.2) is 0 Å². The minimum atomic E-state index is -0.792. The van der Waals surface area contributed by atoms with Crippen molar-refractivity contribution in [3.8, 4) is 0 Å². The van der Waals surface area contributed by atoms with E-state index < -0.39 is 11.1 Å². The van der Waals surface area contributed by atoms with Crippen LogP contribution in [-0.4, -0.2) is 46.1 Å². The van der Waals surface area contributed by atoms with Crippen LogP contribution in [0.1, 0.15) is 33.6 Å². The van der Waals surface area contributed by atoms with E-state index in [9.17, 15) is 0 Å². The Kier molecular flexibility index (Phi) is 4.27. The minimum absolute atomic E-state index is 0.0485. The molecule has 4 radical (unpaired) electrons. The van der Waals surface area contributed by atoms with Crippen molar-refractivity contribution < 1.29 is 9.47 Å². The molecular weight excluding hydrogens is 188 g/mol. The average Bonchev–Trinajstić information content (AvgIpc) is 2.47. The van der Waals surface area contributed by atoms with Gasteiger partial charge in [-0.05, 0) is 33.6 Å². The third-order valence-corrected chi connectivity index (χ3v) is 2.78. The molecular formula is C10H19B2NO2. The maximum absolute atomic E-state index is 5.81. The van der Waals surface area contributed by atoms with Crippen LogP contribution in [0.3, 0.4) is 0 Å². The minimum Gasteiger partial charge on any atom is -0.349 e. The van der Waals surface area contributed by atoms with Crippen molar-refractivity contribution in [3.05, 3.63) is 0 Å². The molecule has 1 rings (SSSR count). The first-order chi connectivity index (χ1) is 6.93. The number of rotatable bonds is 5. The predicted octanol–water partition coefficient (Wildman–Crippen LogP) is 0.518. The number of hydrogen-bond acceptors (Lipinski definition) is 3. The molecule has 1 atom stereocenters. The molecule has 0 aliphatic carbocycles. The standard InChI is InChI=1S/C10H19B2NO2/c1-4-14-9(3,15-5-2)8-6-7-10(11,12)13-8/h8,13H,4-7H2,1-3H3. The summed E-state index contributed by atoms with van der Waals surface area (Å²) >= 11 is 0. The zero-order chi connectivity index (χ0) is 11.5. The molecule has 1 fully saturated rings. The van der Waals surface area contributed by atoms with Gasteiger partial charge in [-0.1, -0.05) is 5.34 Å². The summed E-state index contributed by atoms with van der Waals surface area (Å²) in [7, 11) is 11.6. The average molecular weight is 207 g/mol. The molecule has 0 aromatic heterocycles. The Morgan fingerprint density at radius 2 is 1.87 bits per heavy atom. The van der Waals surface area contributed by atoms with E-state index >= 15 is 0 Å². The quantitative estimate of drug-likeness (QED) is 0.526. The number of nitrogens with one attached hydrogen (secondary N) is 1. The van der Waals surface area contributed by atoms with Gasteiger partial charge in [0.1, 0.15) is 0 Å². The topological polar surface area (TPSA) is 30.5 Å². The van der Waals surface area contributed by atoms with E-state index in [0.717, 1.165) is 12.8 Å². The lowest BCUT2D eigenvalue weighted by atomic mass is 9.61. The van der Waals surface area contributed by atoms with Gasteiger partial charge >= 0.3 is 0 Å². The van der Waals surface area contributed by atoms with Crippen LogP contribution < -0.4 is 5.32 Å². The first-order valence-corrected chi connectivity index (χ1v) is 5.57. The molecule has 1 unspecified atom stereocenters. The Morgan fingerprint density at radius 3 is 2.20 bits per heavy atom. The van der Waals surface area contributed by atoms with E-state index in [1.54, 1.807) is 0 Å². The largest absolute Gasteiger partial charge is 0.349 e. The normalized spacial score (nSPS) is 25.7. The molecule has 0 spiro atoms. The number of hydrogen-bond donors (Lipinski definition) is 1. The van der Waals surface area contributed by atoms with Crippen LogP contribution in [0.25, 0.3) is 0 Å². The van der Waals surface area contributed by atoms with Gasteiger partial charge in [-0.15, -0.1) is 0 Å². The molecule has 0 aromatic rings. The maximum atomic E-state index is 5.81. The van der Waals surface area contributed by atoms with Gasteiger partial charge in [0.15, 0.2) is 5.79 Å². The summed E-state index contributed by atoms with van der Waals surface area (Å²) in [5.74, 6) is -0.635. The van der Waals surface area contributed by atoms with E-state index in [1.807, 2.05) is 20.8 Å². The van der Waals surface area contributed by atoms with E-state index in [-0.39, 0.29) is 6.04 Å². The van der Waals surface area contributed by atoms with Crippen LogP contribution in [0.2, 0.25) is 0 Å². The molecule has 1 aliphatic rings. The molecule has 1 aliphatic heterocycles. The lowest BCUT2D eigenvalue weighted by Crippen LogP contribution is -2.55. The summed E-state index contributed by atoms with van der Waals surface area (Å²) < 4.78 is 11.3. The fraction of sp³-hybridized carbons (Fsp3) is 1.00. The van der Waals surface area contributed by atoms with Crippen molar-refractivity contribution >= 4 is 15.7 Å². The molecule has 1 heterocycles. The summed E-state index contributed by atoms with van der Waals surface area (Å²) in [5.41, 5.74) is 0. The third kappa shape index (κ3) is 3.23. The molecule has 1 saturated heterocycles. The van der Waals surface area contributed by atoms with Crippen molar-refractivity contribution in [1.82, 2.24) is 5.32 Å². The summed E-state index contributed by atoms with van der Waals surface area (Å²) in [4.78, 5) is 0. The molecule has 0 bridgehead atoms. The van der Waals surface area contributed by atoms with Gasteiger partial charge in [0.25, 0.3) is 0 Å². The molecule has 0 aromatic carbocycles. The lowest BCUT2D eigenvalue weighted by Gasteiger charge is -2.36. The Bertz CT molecular complexity index is 206. The fourth-order valence-electron chi connectivity index (χ4n) is 2.06. The Balaban J connectivity index is 2.64. The van der Waals surface area contributed by atoms with Crippen LogP contribution in [0, 0.1) is 0 Å². The Labute approximate surface area is 95.1 Å². The van der Waals surface area contributed by atoms with E-state index in [1.165, 1.54) is 0 Å². The summed E-state index contributed by atoms with van der Waals surface area (Å²) in [6, 6.07) is 0.0485. The highest BCUT2D eigenvalue weighted by Crippen LogP contribution is 2.29. The van der Waals surface area contributed by atoms with Crippen LogP contribution in [0.4, 0.5) is 0 Å². The predicted molar refractivity (Wildman–Crippen MR) is 62.1 cm³/mol. The molecule has 0 amide bonds. The van der Waals surface area contributed by atoms with Crippen molar-refractivity contribution in [3.63, 3.8) is 0 Å². The van der Waals surface area contributed by atoms with Crippen molar-refractivity contribution in [2.75, 3.05) is 13.2 Å². The van der Waals surface area contributed by atoms with Gasteiger partial charge in [0.05, 0.1) is 21.7 Å². The molecule has 0 saturated carbocycles.